The zero-order chi connectivity index (χ0) is 15.5. The first-order valence-corrected chi connectivity index (χ1v) is 8.08. The maximum atomic E-state index is 12.5. The number of carboxylic acid groups (broad SMARTS) is 1. The highest BCUT2D eigenvalue weighted by molar-refractivity contribution is 5.78. The molecule has 1 N–H and O–H groups in total. The molecule has 0 aromatic heterocycles. The molecular weight excluding hydrogens is 268 g/mol. The molecule has 1 amide bonds. The second-order valence-electron chi connectivity index (χ2n) is 7.01. The Balaban J connectivity index is 1.90. The lowest BCUT2D eigenvalue weighted by atomic mass is 9.79. The molecule has 1 atom stereocenters. The van der Waals surface area contributed by atoms with Crippen molar-refractivity contribution in [3.63, 3.8) is 0 Å². The van der Waals surface area contributed by atoms with Gasteiger partial charge in [0, 0.05) is 26.1 Å². The fraction of sp³-hybridized carbons (Fsp3) is 0.875. The highest BCUT2D eigenvalue weighted by atomic mass is 16.4. The van der Waals surface area contributed by atoms with Crippen molar-refractivity contribution in [3.05, 3.63) is 0 Å². The Kier molecular flexibility index (Phi) is 5.25. The van der Waals surface area contributed by atoms with Gasteiger partial charge in [-0.15, -0.1) is 0 Å². The molecule has 0 aromatic rings. The maximum Gasteiger partial charge on any atom is 0.303 e. The molecule has 1 saturated carbocycles. The molecule has 0 aromatic carbocycles. The maximum absolute atomic E-state index is 12.5. The predicted octanol–water partition coefficient (Wildman–Crippen LogP) is 1.96. The van der Waals surface area contributed by atoms with Crippen LogP contribution >= 0.6 is 0 Å². The molecule has 1 unspecified atom stereocenters. The minimum atomic E-state index is -0.775. The molecule has 0 spiro atoms. The summed E-state index contributed by atoms with van der Waals surface area (Å²) in [5, 5.41) is 9.12. The van der Waals surface area contributed by atoms with Crippen molar-refractivity contribution in [2.75, 3.05) is 27.2 Å². The normalized spacial score (nSPS) is 25.1. The highest BCUT2D eigenvalue weighted by Gasteiger charge is 2.39. The lowest BCUT2D eigenvalue weighted by molar-refractivity contribution is -0.141. The van der Waals surface area contributed by atoms with Gasteiger partial charge < -0.3 is 14.9 Å². The van der Waals surface area contributed by atoms with Crippen molar-refractivity contribution in [2.45, 2.75) is 57.4 Å². The third-order valence-electron chi connectivity index (χ3n) is 5.30. The van der Waals surface area contributed by atoms with Crippen LogP contribution in [-0.2, 0) is 9.59 Å². The standard InChI is InChI=1S/C16H28N2O3/c1-17-9-5-6-13(17)12-18(2)14(19)10-16(11-15(20)21)7-3-4-8-16/h13H,3-12H2,1-2H3,(H,20,21). The summed E-state index contributed by atoms with van der Waals surface area (Å²) < 4.78 is 0. The molecule has 0 bridgehead atoms. The van der Waals surface area contributed by atoms with E-state index in [4.69, 9.17) is 5.11 Å². The van der Waals surface area contributed by atoms with E-state index in [1.807, 2.05) is 11.9 Å². The second kappa shape index (κ2) is 6.77. The van der Waals surface area contributed by atoms with E-state index in [0.29, 0.717) is 12.5 Å². The number of carboxylic acids is 1. The third-order valence-corrected chi connectivity index (χ3v) is 5.30. The molecule has 1 aliphatic heterocycles. The Morgan fingerprint density at radius 2 is 1.90 bits per heavy atom. The van der Waals surface area contributed by atoms with Crippen LogP contribution in [0.4, 0.5) is 0 Å². The van der Waals surface area contributed by atoms with Crippen LogP contribution in [0.5, 0.6) is 0 Å². The van der Waals surface area contributed by atoms with Gasteiger partial charge in [-0.25, -0.2) is 0 Å². The number of likely N-dealkylation sites (N-methyl/N-ethyl adjacent to an activating group) is 2. The molecule has 1 heterocycles. The Labute approximate surface area is 127 Å². The summed E-state index contributed by atoms with van der Waals surface area (Å²) >= 11 is 0. The van der Waals surface area contributed by atoms with Crippen molar-refractivity contribution < 1.29 is 14.7 Å². The van der Waals surface area contributed by atoms with Gasteiger partial charge in [0.25, 0.3) is 0 Å². The smallest absolute Gasteiger partial charge is 0.303 e. The topological polar surface area (TPSA) is 60.9 Å². The summed E-state index contributed by atoms with van der Waals surface area (Å²) in [7, 11) is 3.97. The number of amides is 1. The Bertz CT molecular complexity index is 391. The summed E-state index contributed by atoms with van der Waals surface area (Å²) in [6.45, 7) is 1.87. The first-order chi connectivity index (χ1) is 9.92. The van der Waals surface area contributed by atoms with Crippen LogP contribution in [0.2, 0.25) is 0 Å². The van der Waals surface area contributed by atoms with E-state index in [2.05, 4.69) is 11.9 Å². The monoisotopic (exact) mass is 296 g/mol. The molecule has 5 heteroatoms. The minimum absolute atomic E-state index is 0.110. The number of nitrogens with zero attached hydrogens (tertiary/aromatic N) is 2. The van der Waals surface area contributed by atoms with E-state index in [1.54, 1.807) is 0 Å². The number of hydrogen-bond donors (Lipinski definition) is 1. The molecular formula is C16H28N2O3. The molecule has 120 valence electrons. The van der Waals surface area contributed by atoms with Gasteiger partial charge in [0.1, 0.15) is 0 Å². The summed E-state index contributed by atoms with van der Waals surface area (Å²) in [6.07, 6.45) is 6.73. The molecule has 0 radical (unpaired) electrons. The van der Waals surface area contributed by atoms with Gasteiger partial charge in [-0.05, 0) is 44.7 Å². The number of aliphatic carboxylic acids is 1. The first kappa shape index (κ1) is 16.3. The predicted molar refractivity (Wildman–Crippen MR) is 81.1 cm³/mol. The number of carbonyl (C=O) groups excluding carboxylic acids is 1. The van der Waals surface area contributed by atoms with E-state index in [-0.39, 0.29) is 17.7 Å². The largest absolute Gasteiger partial charge is 0.481 e. The van der Waals surface area contributed by atoms with Gasteiger partial charge in [0.2, 0.25) is 5.91 Å². The lowest BCUT2D eigenvalue weighted by Gasteiger charge is -2.31. The molecule has 2 aliphatic rings. The van der Waals surface area contributed by atoms with Crippen LogP contribution in [0.25, 0.3) is 0 Å². The van der Waals surface area contributed by atoms with Crippen molar-refractivity contribution in [1.29, 1.82) is 0 Å². The van der Waals surface area contributed by atoms with E-state index in [0.717, 1.165) is 45.2 Å². The van der Waals surface area contributed by atoms with Crippen molar-refractivity contribution >= 4 is 11.9 Å². The van der Waals surface area contributed by atoms with Crippen molar-refractivity contribution in [1.82, 2.24) is 9.80 Å². The van der Waals surface area contributed by atoms with Gasteiger partial charge in [-0.2, -0.15) is 0 Å². The minimum Gasteiger partial charge on any atom is -0.481 e. The zero-order valence-corrected chi connectivity index (χ0v) is 13.3. The second-order valence-corrected chi connectivity index (χ2v) is 7.01. The Hall–Kier alpha value is -1.10. The van der Waals surface area contributed by atoms with Crippen LogP contribution < -0.4 is 0 Å². The van der Waals surface area contributed by atoms with E-state index in [1.165, 1.54) is 6.42 Å². The van der Waals surface area contributed by atoms with E-state index < -0.39 is 5.97 Å². The van der Waals surface area contributed by atoms with E-state index in [9.17, 15) is 9.59 Å². The van der Waals surface area contributed by atoms with Gasteiger partial charge in [0.05, 0.1) is 6.42 Å². The first-order valence-electron chi connectivity index (χ1n) is 8.08. The summed E-state index contributed by atoms with van der Waals surface area (Å²) in [4.78, 5) is 27.7. The van der Waals surface area contributed by atoms with Crippen LogP contribution in [0.3, 0.4) is 0 Å². The zero-order valence-electron chi connectivity index (χ0n) is 13.3. The molecule has 5 nitrogen and oxygen atoms in total. The molecule has 2 fully saturated rings. The number of hydrogen-bond acceptors (Lipinski definition) is 3. The van der Waals surface area contributed by atoms with Crippen LogP contribution in [0.1, 0.15) is 51.4 Å². The summed E-state index contributed by atoms with van der Waals surface area (Å²) in [6, 6.07) is 0.456. The average Bonchev–Trinajstić information content (AvgIpc) is 2.99. The molecule has 1 aliphatic carbocycles. The van der Waals surface area contributed by atoms with Gasteiger partial charge in [-0.1, -0.05) is 12.8 Å². The Morgan fingerprint density at radius 3 is 2.43 bits per heavy atom. The fourth-order valence-corrected chi connectivity index (χ4v) is 3.95. The van der Waals surface area contributed by atoms with Crippen molar-refractivity contribution in [3.8, 4) is 0 Å². The molecule has 21 heavy (non-hydrogen) atoms. The van der Waals surface area contributed by atoms with Crippen LogP contribution in [-0.4, -0.2) is 60.0 Å². The van der Waals surface area contributed by atoms with E-state index >= 15 is 0 Å². The van der Waals surface area contributed by atoms with Crippen LogP contribution in [0.15, 0.2) is 0 Å². The Morgan fingerprint density at radius 1 is 1.24 bits per heavy atom. The molecule has 1 saturated heterocycles. The third kappa shape index (κ3) is 4.19. The number of likely N-dealkylation sites (tertiary alicyclic amines) is 1. The number of carbonyl (C=O) groups is 2. The van der Waals surface area contributed by atoms with Gasteiger partial charge in [-0.3, -0.25) is 9.59 Å². The van der Waals surface area contributed by atoms with Gasteiger partial charge >= 0.3 is 5.97 Å². The average molecular weight is 296 g/mol. The van der Waals surface area contributed by atoms with Crippen LogP contribution in [0, 0.1) is 5.41 Å². The highest BCUT2D eigenvalue weighted by Crippen LogP contribution is 2.44. The fourth-order valence-electron chi connectivity index (χ4n) is 3.95. The lowest BCUT2D eigenvalue weighted by Crippen LogP contribution is -2.41. The number of rotatable bonds is 6. The quantitative estimate of drug-likeness (QED) is 0.814. The van der Waals surface area contributed by atoms with Gasteiger partial charge in [0.15, 0.2) is 0 Å². The summed E-state index contributed by atoms with van der Waals surface area (Å²) in [5.74, 6) is -0.665. The summed E-state index contributed by atoms with van der Waals surface area (Å²) in [5.41, 5.74) is -0.293. The molecule has 2 rings (SSSR count). The SMILES string of the molecule is CN(CC1CCCN1C)C(=O)CC1(CC(=O)O)CCCC1. The van der Waals surface area contributed by atoms with Crippen molar-refractivity contribution in [2.24, 2.45) is 5.41 Å².